The van der Waals surface area contributed by atoms with Crippen LogP contribution in [0.4, 0.5) is 8.78 Å². The van der Waals surface area contributed by atoms with Gasteiger partial charge < -0.3 is 24.0 Å². The number of benzene rings is 1. The summed E-state index contributed by atoms with van der Waals surface area (Å²) in [6.07, 6.45) is 0.227. The van der Waals surface area contributed by atoms with Crippen LogP contribution in [-0.2, 0) is 9.59 Å². The summed E-state index contributed by atoms with van der Waals surface area (Å²) in [5.41, 5.74) is -0.0802. The molecule has 0 spiro atoms. The molecule has 2 amide bonds. The van der Waals surface area contributed by atoms with Gasteiger partial charge in [-0.3, -0.25) is 14.4 Å². The minimum Gasteiger partial charge on any atom is -0.493 e. The molecule has 2 fully saturated rings. The van der Waals surface area contributed by atoms with E-state index < -0.39 is 48.8 Å². The van der Waals surface area contributed by atoms with E-state index in [0.717, 1.165) is 4.90 Å². The van der Waals surface area contributed by atoms with Crippen molar-refractivity contribution in [3.8, 4) is 23.3 Å². The van der Waals surface area contributed by atoms with Crippen LogP contribution < -0.4 is 14.2 Å². The quantitative estimate of drug-likeness (QED) is 0.498. The maximum absolute atomic E-state index is 14.3. The maximum Gasteiger partial charge on any atom is 0.308 e. The average Bonchev–Trinajstić information content (AvgIpc) is 3.36. The second-order valence-electron chi connectivity index (χ2n) is 7.63. The Bertz CT molecular complexity index is 952. The molecule has 3 rings (SSSR count). The summed E-state index contributed by atoms with van der Waals surface area (Å²) in [4.78, 5) is 39.7. The summed E-state index contributed by atoms with van der Waals surface area (Å²) < 4.78 is 44.1. The van der Waals surface area contributed by atoms with Gasteiger partial charge in [-0.05, 0) is 25.0 Å². The molecule has 172 valence electrons. The largest absolute Gasteiger partial charge is 0.493 e. The van der Waals surface area contributed by atoms with Gasteiger partial charge in [0.15, 0.2) is 11.5 Å². The SMILES string of the molecule is COc1cc(C(=O)N2CC(F)(F)CC2C(=O)N2CCCC2C#N)cc(OC)c1OC(C)=O. The molecule has 2 atom stereocenters. The summed E-state index contributed by atoms with van der Waals surface area (Å²) in [6, 6.07) is 2.37. The van der Waals surface area contributed by atoms with Gasteiger partial charge in [0.1, 0.15) is 12.1 Å². The fourth-order valence-electron chi connectivity index (χ4n) is 4.02. The number of carbonyl (C=O) groups excluding carboxylic acids is 3. The number of methoxy groups -OCH3 is 2. The Hall–Kier alpha value is -3.42. The normalized spacial score (nSPS) is 21.8. The molecule has 0 aromatic heterocycles. The van der Waals surface area contributed by atoms with Crippen molar-refractivity contribution in [2.75, 3.05) is 27.3 Å². The Morgan fingerprint density at radius 1 is 1.16 bits per heavy atom. The molecule has 0 N–H and O–H groups in total. The molecular weight excluding hydrogens is 428 g/mol. The van der Waals surface area contributed by atoms with E-state index in [9.17, 15) is 28.4 Å². The predicted molar refractivity (Wildman–Crippen MR) is 106 cm³/mol. The number of hydrogen-bond donors (Lipinski definition) is 0. The van der Waals surface area contributed by atoms with Gasteiger partial charge >= 0.3 is 5.97 Å². The molecule has 2 unspecified atom stereocenters. The predicted octanol–water partition coefficient (Wildman–Crippen LogP) is 1.99. The van der Waals surface area contributed by atoms with Crippen LogP contribution in [0.25, 0.3) is 0 Å². The average molecular weight is 451 g/mol. The molecule has 2 saturated heterocycles. The molecular formula is C21H23F2N3O6. The minimum absolute atomic E-state index is 0.0131. The van der Waals surface area contributed by atoms with E-state index in [0.29, 0.717) is 12.8 Å². The van der Waals surface area contributed by atoms with Crippen LogP contribution in [0, 0.1) is 11.3 Å². The highest BCUT2D eigenvalue weighted by Crippen LogP contribution is 2.41. The van der Waals surface area contributed by atoms with Gasteiger partial charge in [-0.25, -0.2) is 8.78 Å². The van der Waals surface area contributed by atoms with Gasteiger partial charge in [0.2, 0.25) is 11.7 Å². The molecule has 2 aliphatic rings. The fourth-order valence-corrected chi connectivity index (χ4v) is 4.02. The zero-order valence-corrected chi connectivity index (χ0v) is 17.9. The first kappa shape index (κ1) is 23.2. The molecule has 11 heteroatoms. The first-order valence-electron chi connectivity index (χ1n) is 9.95. The smallest absolute Gasteiger partial charge is 0.308 e. The molecule has 1 aromatic carbocycles. The molecule has 2 heterocycles. The third kappa shape index (κ3) is 4.44. The summed E-state index contributed by atoms with van der Waals surface area (Å²) in [7, 11) is 2.56. The standard InChI is InChI=1S/C21H23F2N3O6/c1-12(27)32-18-16(30-2)7-13(8-17(18)31-3)19(28)26-11-21(22,23)9-15(26)20(29)25-6-4-5-14(25)10-24/h7-8,14-15H,4-6,9,11H2,1-3H3. The van der Waals surface area contributed by atoms with Crippen LogP contribution in [0.1, 0.15) is 36.5 Å². The molecule has 1 aromatic rings. The third-order valence-corrected chi connectivity index (χ3v) is 5.45. The highest BCUT2D eigenvalue weighted by molar-refractivity contribution is 5.99. The maximum atomic E-state index is 14.3. The van der Waals surface area contributed by atoms with Gasteiger partial charge in [-0.15, -0.1) is 0 Å². The summed E-state index contributed by atoms with van der Waals surface area (Å²) >= 11 is 0. The third-order valence-electron chi connectivity index (χ3n) is 5.45. The van der Waals surface area contributed by atoms with Crippen molar-refractivity contribution >= 4 is 17.8 Å². The van der Waals surface area contributed by atoms with Gasteiger partial charge in [-0.1, -0.05) is 0 Å². The minimum atomic E-state index is -3.26. The van der Waals surface area contributed by atoms with Gasteiger partial charge in [0.05, 0.1) is 26.8 Å². The number of rotatable bonds is 5. The summed E-state index contributed by atoms with van der Waals surface area (Å²) in [5.74, 6) is -5.50. The Morgan fingerprint density at radius 2 is 1.78 bits per heavy atom. The van der Waals surface area contributed by atoms with Crippen LogP contribution >= 0.6 is 0 Å². The van der Waals surface area contributed by atoms with Gasteiger partial charge in [0.25, 0.3) is 11.8 Å². The van der Waals surface area contributed by atoms with E-state index in [4.69, 9.17) is 14.2 Å². The van der Waals surface area contributed by atoms with E-state index in [1.54, 1.807) is 0 Å². The molecule has 2 aliphatic heterocycles. The molecule has 9 nitrogen and oxygen atoms in total. The first-order chi connectivity index (χ1) is 15.1. The number of alkyl halides is 2. The Morgan fingerprint density at radius 3 is 2.31 bits per heavy atom. The number of likely N-dealkylation sites (tertiary alicyclic amines) is 2. The van der Waals surface area contributed by atoms with Crippen molar-refractivity contribution in [2.24, 2.45) is 0 Å². The molecule has 0 aliphatic carbocycles. The number of nitrogens with zero attached hydrogens (tertiary/aromatic N) is 3. The van der Waals surface area contributed by atoms with Crippen molar-refractivity contribution in [3.63, 3.8) is 0 Å². The van der Waals surface area contributed by atoms with E-state index in [1.807, 2.05) is 6.07 Å². The fraction of sp³-hybridized carbons (Fsp3) is 0.524. The number of hydrogen-bond acceptors (Lipinski definition) is 7. The number of esters is 1. The van der Waals surface area contributed by atoms with Crippen LogP contribution in [0.3, 0.4) is 0 Å². The Balaban J connectivity index is 1.96. The van der Waals surface area contributed by atoms with Crippen LogP contribution in [-0.4, -0.2) is 72.9 Å². The lowest BCUT2D eigenvalue weighted by Gasteiger charge is -2.29. The number of amides is 2. The number of carbonyl (C=O) groups is 3. The lowest BCUT2D eigenvalue weighted by atomic mass is 10.1. The monoisotopic (exact) mass is 451 g/mol. The van der Waals surface area contributed by atoms with Crippen LogP contribution in [0.15, 0.2) is 12.1 Å². The van der Waals surface area contributed by atoms with Crippen molar-refractivity contribution in [1.82, 2.24) is 9.80 Å². The highest BCUT2D eigenvalue weighted by Gasteiger charge is 2.52. The molecule has 0 saturated carbocycles. The first-order valence-corrected chi connectivity index (χ1v) is 9.95. The Kier molecular flexibility index (Phi) is 6.52. The number of nitriles is 1. The van der Waals surface area contributed by atoms with Gasteiger partial charge in [0, 0.05) is 25.5 Å². The summed E-state index contributed by atoms with van der Waals surface area (Å²) in [5, 5.41) is 9.25. The van der Waals surface area contributed by atoms with E-state index in [2.05, 4.69) is 0 Å². The van der Waals surface area contributed by atoms with Crippen molar-refractivity contribution in [1.29, 1.82) is 5.26 Å². The Labute approximate surface area is 183 Å². The zero-order valence-electron chi connectivity index (χ0n) is 17.9. The van der Waals surface area contributed by atoms with Crippen LogP contribution in [0.5, 0.6) is 17.2 Å². The van der Waals surface area contributed by atoms with Crippen molar-refractivity contribution in [3.05, 3.63) is 17.7 Å². The highest BCUT2D eigenvalue weighted by atomic mass is 19.3. The molecule has 0 radical (unpaired) electrons. The molecule has 32 heavy (non-hydrogen) atoms. The van der Waals surface area contributed by atoms with E-state index in [1.165, 1.54) is 38.2 Å². The summed E-state index contributed by atoms with van der Waals surface area (Å²) in [6.45, 7) is 0.511. The topological polar surface area (TPSA) is 109 Å². The van der Waals surface area contributed by atoms with E-state index >= 15 is 0 Å². The van der Waals surface area contributed by atoms with E-state index in [-0.39, 0.29) is 29.4 Å². The van der Waals surface area contributed by atoms with Crippen molar-refractivity contribution < 1.29 is 37.4 Å². The lowest BCUT2D eigenvalue weighted by Crippen LogP contribution is -2.49. The second kappa shape index (κ2) is 8.98. The van der Waals surface area contributed by atoms with Crippen molar-refractivity contribution in [2.45, 2.75) is 44.2 Å². The zero-order chi connectivity index (χ0) is 23.6. The number of ether oxygens (including phenoxy) is 3. The molecule has 0 bridgehead atoms. The van der Waals surface area contributed by atoms with Gasteiger partial charge in [-0.2, -0.15) is 5.26 Å². The number of halogens is 2. The second-order valence-corrected chi connectivity index (χ2v) is 7.63. The van der Waals surface area contributed by atoms with Crippen LogP contribution in [0.2, 0.25) is 0 Å². The lowest BCUT2D eigenvalue weighted by molar-refractivity contribution is -0.135.